The Balaban J connectivity index is 1.56. The Morgan fingerprint density at radius 1 is 0.893 bits per heavy atom. The molecule has 0 amide bonds. The van der Waals surface area contributed by atoms with E-state index in [2.05, 4.69) is 13.8 Å². The van der Waals surface area contributed by atoms with Crippen LogP contribution >= 0.6 is 0 Å². The van der Waals surface area contributed by atoms with Crippen LogP contribution in [0.15, 0.2) is 0 Å². The van der Waals surface area contributed by atoms with Crippen molar-refractivity contribution >= 4 is 17.7 Å². The number of fused-ring (bicyclic) bond motifs is 5. The molecule has 0 saturated heterocycles. The maximum Gasteiger partial charge on any atom is 0.302 e. The maximum atomic E-state index is 13.2. The average Bonchev–Trinajstić information content (AvgIpc) is 2.92. The van der Waals surface area contributed by atoms with Crippen LogP contribution in [0.4, 0.5) is 0 Å². The maximum absolute atomic E-state index is 13.2. The summed E-state index contributed by atoms with van der Waals surface area (Å²) in [5.74, 6) is 1.35. The van der Waals surface area contributed by atoms with Gasteiger partial charge < -0.3 is 9.47 Å². The van der Waals surface area contributed by atoms with Crippen molar-refractivity contribution in [1.82, 2.24) is 0 Å². The van der Waals surface area contributed by atoms with Gasteiger partial charge in [-0.3, -0.25) is 14.4 Å². The molecule has 0 spiro atoms. The van der Waals surface area contributed by atoms with Crippen LogP contribution in [0.1, 0.15) is 79.1 Å². The molecule has 4 rings (SSSR count). The molecule has 8 atom stereocenters. The van der Waals surface area contributed by atoms with Gasteiger partial charge in [-0.15, -0.1) is 0 Å². The molecule has 0 radical (unpaired) electrons. The molecule has 0 aromatic carbocycles. The molecule has 0 unspecified atom stereocenters. The van der Waals surface area contributed by atoms with Crippen molar-refractivity contribution in [2.45, 2.75) is 91.3 Å². The first kappa shape index (κ1) is 19.9. The van der Waals surface area contributed by atoms with E-state index >= 15 is 0 Å². The van der Waals surface area contributed by atoms with Crippen LogP contribution in [0, 0.1) is 34.5 Å². The van der Waals surface area contributed by atoms with E-state index in [0.717, 1.165) is 38.5 Å². The van der Waals surface area contributed by atoms with Crippen LogP contribution in [0.2, 0.25) is 0 Å². The number of Topliss-reactive ketones (excluding diaryl/α,β-unsaturated/α-hetero) is 1. The minimum Gasteiger partial charge on any atom is -0.463 e. The van der Waals surface area contributed by atoms with Gasteiger partial charge in [-0.25, -0.2) is 0 Å². The lowest BCUT2D eigenvalue weighted by Crippen LogP contribution is -2.57. The summed E-state index contributed by atoms with van der Waals surface area (Å²) in [4.78, 5) is 36.2. The first-order valence-corrected chi connectivity index (χ1v) is 11.0. The molecule has 4 aliphatic rings. The zero-order valence-electron chi connectivity index (χ0n) is 17.7. The lowest BCUT2D eigenvalue weighted by atomic mass is 9.45. The van der Waals surface area contributed by atoms with Crippen molar-refractivity contribution < 1.29 is 23.9 Å². The van der Waals surface area contributed by atoms with Crippen LogP contribution < -0.4 is 0 Å². The predicted molar refractivity (Wildman–Crippen MR) is 103 cm³/mol. The van der Waals surface area contributed by atoms with E-state index in [-0.39, 0.29) is 40.9 Å². The van der Waals surface area contributed by atoms with Gasteiger partial charge in [0.2, 0.25) is 0 Å². The van der Waals surface area contributed by atoms with Crippen LogP contribution in [0.25, 0.3) is 0 Å². The van der Waals surface area contributed by atoms with Crippen molar-refractivity contribution in [3.63, 3.8) is 0 Å². The lowest BCUT2D eigenvalue weighted by Gasteiger charge is -2.59. The molecule has 0 bridgehead atoms. The van der Waals surface area contributed by atoms with Gasteiger partial charge in [0, 0.05) is 31.6 Å². The third-order valence-corrected chi connectivity index (χ3v) is 8.96. The van der Waals surface area contributed by atoms with Crippen LogP contribution in [0.5, 0.6) is 0 Å². The van der Waals surface area contributed by atoms with Crippen molar-refractivity contribution in [2.75, 3.05) is 0 Å². The number of carbonyl (C=O) groups is 3. The second-order valence-corrected chi connectivity index (χ2v) is 10.3. The standard InChI is InChI=1S/C23H34O5/c1-13(24)27-15-7-9-22(3)18-8-10-23(4)17(5-6-21(23)28-14(2)25)16(18)12-20(26)19(22)11-15/h15-19,21H,5-12H2,1-4H3/t15-,16-,17-,18-,19+,21-,22+,23-/m0/s1. The van der Waals surface area contributed by atoms with Gasteiger partial charge >= 0.3 is 11.9 Å². The van der Waals surface area contributed by atoms with Gasteiger partial charge in [0.25, 0.3) is 0 Å². The number of ketones is 1. The molecule has 0 aromatic heterocycles. The molecular weight excluding hydrogens is 356 g/mol. The number of hydrogen-bond donors (Lipinski definition) is 0. The third kappa shape index (κ3) is 3.00. The Kier molecular flexibility index (Phi) is 4.86. The number of hydrogen-bond acceptors (Lipinski definition) is 5. The minimum atomic E-state index is -0.245. The fraction of sp³-hybridized carbons (Fsp3) is 0.870. The van der Waals surface area contributed by atoms with E-state index in [9.17, 15) is 14.4 Å². The van der Waals surface area contributed by atoms with Gasteiger partial charge in [0.1, 0.15) is 18.0 Å². The summed E-state index contributed by atoms with van der Waals surface area (Å²) in [6.45, 7) is 7.55. The summed E-state index contributed by atoms with van der Waals surface area (Å²) in [5.41, 5.74) is 0.0166. The molecule has 5 nitrogen and oxygen atoms in total. The summed E-state index contributed by atoms with van der Waals surface area (Å²) in [6.07, 6.45) is 7.20. The average molecular weight is 391 g/mol. The van der Waals surface area contributed by atoms with Crippen LogP contribution in [0.3, 0.4) is 0 Å². The van der Waals surface area contributed by atoms with Crippen molar-refractivity contribution in [2.24, 2.45) is 34.5 Å². The summed E-state index contributed by atoms with van der Waals surface area (Å²) >= 11 is 0. The van der Waals surface area contributed by atoms with Crippen LogP contribution in [-0.4, -0.2) is 29.9 Å². The minimum absolute atomic E-state index is 0.00344. The van der Waals surface area contributed by atoms with E-state index in [4.69, 9.17) is 9.47 Å². The smallest absolute Gasteiger partial charge is 0.302 e. The third-order valence-electron chi connectivity index (χ3n) is 8.96. The highest BCUT2D eigenvalue weighted by Gasteiger charge is 2.63. The predicted octanol–water partition coefficient (Wildman–Crippen LogP) is 4.07. The molecule has 5 heteroatoms. The fourth-order valence-corrected chi connectivity index (χ4v) is 7.69. The monoisotopic (exact) mass is 390 g/mol. The van der Waals surface area contributed by atoms with Gasteiger partial charge in [0.05, 0.1) is 0 Å². The van der Waals surface area contributed by atoms with Crippen molar-refractivity contribution in [3.05, 3.63) is 0 Å². The Morgan fingerprint density at radius 2 is 1.54 bits per heavy atom. The molecule has 0 heterocycles. The molecule has 4 saturated carbocycles. The van der Waals surface area contributed by atoms with E-state index in [0.29, 0.717) is 36.4 Å². The highest BCUT2D eigenvalue weighted by atomic mass is 16.5. The van der Waals surface area contributed by atoms with E-state index in [1.165, 1.54) is 13.8 Å². The number of rotatable bonds is 2. The van der Waals surface area contributed by atoms with Crippen LogP contribution in [-0.2, 0) is 23.9 Å². The van der Waals surface area contributed by atoms with Gasteiger partial charge in [-0.1, -0.05) is 13.8 Å². The first-order valence-electron chi connectivity index (χ1n) is 11.0. The summed E-state index contributed by atoms with van der Waals surface area (Å²) in [7, 11) is 0. The Morgan fingerprint density at radius 3 is 2.21 bits per heavy atom. The second kappa shape index (κ2) is 6.84. The molecule has 156 valence electrons. The van der Waals surface area contributed by atoms with E-state index < -0.39 is 0 Å². The molecule has 0 aliphatic heterocycles. The number of ether oxygens (including phenoxy) is 2. The first-order chi connectivity index (χ1) is 13.1. The van der Waals surface area contributed by atoms with E-state index in [1.807, 2.05) is 0 Å². The Hall–Kier alpha value is -1.39. The highest BCUT2D eigenvalue weighted by molar-refractivity contribution is 5.83. The van der Waals surface area contributed by atoms with Gasteiger partial charge in [0.15, 0.2) is 0 Å². The molecule has 4 aliphatic carbocycles. The highest BCUT2D eigenvalue weighted by Crippen LogP contribution is 2.66. The largest absolute Gasteiger partial charge is 0.463 e. The van der Waals surface area contributed by atoms with E-state index in [1.54, 1.807) is 0 Å². The molecule has 4 fully saturated rings. The summed E-state index contributed by atoms with van der Waals surface area (Å²) in [5, 5.41) is 0. The molecule has 0 aromatic rings. The Bertz CT molecular complexity index is 686. The summed E-state index contributed by atoms with van der Waals surface area (Å²) < 4.78 is 11.2. The normalized spacial score (nSPS) is 47.5. The zero-order chi connectivity index (χ0) is 20.3. The quantitative estimate of drug-likeness (QED) is 0.665. The second-order valence-electron chi connectivity index (χ2n) is 10.3. The van der Waals surface area contributed by atoms with Crippen molar-refractivity contribution in [3.8, 4) is 0 Å². The van der Waals surface area contributed by atoms with Gasteiger partial charge in [-0.05, 0) is 68.1 Å². The lowest BCUT2D eigenvalue weighted by molar-refractivity contribution is -0.174. The molecule has 28 heavy (non-hydrogen) atoms. The fourth-order valence-electron chi connectivity index (χ4n) is 7.69. The Labute approximate surface area is 167 Å². The topological polar surface area (TPSA) is 69.7 Å². The summed E-state index contributed by atoms with van der Waals surface area (Å²) in [6, 6.07) is 0. The molecule has 0 N–H and O–H groups in total. The van der Waals surface area contributed by atoms with Crippen molar-refractivity contribution in [1.29, 1.82) is 0 Å². The SMILES string of the molecule is CC(=O)O[C@H]1CC[C@@]2(C)[C@H](C1)C(=O)C[C@@H]1[C@@H]2CC[C@]2(C)[C@@H](OC(C)=O)CC[C@@H]12. The zero-order valence-corrected chi connectivity index (χ0v) is 17.7. The molecular formula is C23H34O5. The number of esters is 2. The van der Waals surface area contributed by atoms with Gasteiger partial charge in [-0.2, -0.15) is 0 Å². The number of carbonyl (C=O) groups excluding carboxylic acids is 3.